The quantitative estimate of drug-likeness (QED) is 0.819. The van der Waals surface area contributed by atoms with Gasteiger partial charge in [-0.1, -0.05) is 44.4 Å². The monoisotopic (exact) mass is 342 g/mol. The number of rotatable bonds is 6. The van der Waals surface area contributed by atoms with Crippen LogP contribution < -0.4 is 11.2 Å². The smallest absolute Gasteiger partial charge is 0.290 e. The number of hydrogen-bond donors (Lipinski definition) is 1. The van der Waals surface area contributed by atoms with Gasteiger partial charge in [0.1, 0.15) is 5.69 Å². The van der Waals surface area contributed by atoms with Crippen LogP contribution in [-0.4, -0.2) is 15.3 Å². The minimum absolute atomic E-state index is 0.165. The first-order chi connectivity index (χ1) is 11.8. The summed E-state index contributed by atoms with van der Waals surface area (Å²) < 4.78 is 1.43. The Hall–Kier alpha value is -2.43. The Balaban J connectivity index is 2.77. The van der Waals surface area contributed by atoms with E-state index in [4.69, 9.17) is 0 Å². The molecule has 1 aromatic carbocycles. The summed E-state index contributed by atoms with van der Waals surface area (Å²) in [5, 5.41) is 0. The molecule has 1 heterocycles. The summed E-state index contributed by atoms with van der Waals surface area (Å²) in [7, 11) is 0. The second-order valence-corrected chi connectivity index (χ2v) is 6.89. The van der Waals surface area contributed by atoms with Gasteiger partial charge in [0.25, 0.3) is 5.56 Å². The molecular formula is C20H26N2O3. The lowest BCUT2D eigenvalue weighted by atomic mass is 9.95. The zero-order valence-electron chi connectivity index (χ0n) is 15.6. The fourth-order valence-corrected chi connectivity index (χ4v) is 3.14. The summed E-state index contributed by atoms with van der Waals surface area (Å²) in [4.78, 5) is 40.4. The van der Waals surface area contributed by atoms with Crippen LogP contribution in [0.5, 0.6) is 0 Å². The first-order valence-electron chi connectivity index (χ1n) is 8.76. The third-order valence-electron chi connectivity index (χ3n) is 4.25. The van der Waals surface area contributed by atoms with Crippen LogP contribution in [0.2, 0.25) is 0 Å². The Morgan fingerprint density at radius 1 is 1.12 bits per heavy atom. The number of ketones is 1. The number of nitrogens with one attached hydrogen (secondary N) is 1. The van der Waals surface area contributed by atoms with Crippen LogP contribution in [-0.2, 0) is 6.54 Å². The summed E-state index contributed by atoms with van der Waals surface area (Å²) in [5.41, 5.74) is 2.07. The molecule has 0 unspecified atom stereocenters. The molecular weight excluding hydrogens is 316 g/mol. The van der Waals surface area contributed by atoms with Crippen molar-refractivity contribution in [3.63, 3.8) is 0 Å². The molecule has 0 spiro atoms. The number of carbonyl (C=O) groups is 1. The topological polar surface area (TPSA) is 71.9 Å². The number of carbonyl (C=O) groups excluding carboxylic acids is 1. The first kappa shape index (κ1) is 18.9. The Labute approximate surface area is 147 Å². The lowest BCUT2D eigenvalue weighted by Crippen LogP contribution is -2.38. The molecule has 25 heavy (non-hydrogen) atoms. The molecule has 0 aliphatic rings. The minimum atomic E-state index is -0.518. The van der Waals surface area contributed by atoms with E-state index in [1.165, 1.54) is 4.57 Å². The number of aromatic nitrogens is 2. The van der Waals surface area contributed by atoms with Crippen LogP contribution in [0.25, 0.3) is 0 Å². The highest BCUT2D eigenvalue weighted by molar-refractivity contribution is 6.09. The molecule has 1 aromatic heterocycles. The second kappa shape index (κ2) is 7.64. The van der Waals surface area contributed by atoms with E-state index in [1.54, 1.807) is 12.1 Å². The van der Waals surface area contributed by atoms with Crippen molar-refractivity contribution in [3.05, 3.63) is 67.0 Å². The van der Waals surface area contributed by atoms with E-state index >= 15 is 0 Å². The number of H-pyrrole nitrogens is 1. The maximum atomic E-state index is 13.3. The van der Waals surface area contributed by atoms with Gasteiger partial charge in [-0.15, -0.1) is 0 Å². The van der Waals surface area contributed by atoms with Crippen molar-refractivity contribution >= 4 is 5.78 Å². The zero-order chi connectivity index (χ0) is 18.7. The molecule has 0 aliphatic heterocycles. The molecule has 0 atom stereocenters. The van der Waals surface area contributed by atoms with Crippen LogP contribution in [0.3, 0.4) is 0 Å². The van der Waals surface area contributed by atoms with Crippen molar-refractivity contribution in [1.29, 1.82) is 0 Å². The second-order valence-electron chi connectivity index (χ2n) is 6.89. The van der Waals surface area contributed by atoms with E-state index in [-0.39, 0.29) is 17.4 Å². The summed E-state index contributed by atoms with van der Waals surface area (Å²) in [6.45, 7) is 10.0. The number of nitrogens with zero attached hydrogens (tertiary/aromatic N) is 1. The first-order valence-corrected chi connectivity index (χ1v) is 8.76. The molecule has 134 valence electrons. The molecule has 0 bridgehead atoms. The van der Waals surface area contributed by atoms with E-state index in [1.807, 2.05) is 40.7 Å². The van der Waals surface area contributed by atoms with Gasteiger partial charge in [0.2, 0.25) is 5.78 Å². The third-order valence-corrected chi connectivity index (χ3v) is 4.25. The highest BCUT2D eigenvalue weighted by Gasteiger charge is 2.24. The van der Waals surface area contributed by atoms with Gasteiger partial charge in [0.15, 0.2) is 0 Å². The number of benzene rings is 1. The average Bonchev–Trinajstić information content (AvgIpc) is 2.51. The SMILES string of the molecule is CCCCn1c(C(=O)c2cc(C)cc(C)c2)c(C(C)C)c(=O)[nH]c1=O. The average molecular weight is 342 g/mol. The molecule has 0 aliphatic carbocycles. The molecule has 0 radical (unpaired) electrons. The van der Waals surface area contributed by atoms with Gasteiger partial charge < -0.3 is 0 Å². The molecule has 1 N–H and O–H groups in total. The number of aromatic amines is 1. The minimum Gasteiger partial charge on any atom is -0.290 e. The molecule has 0 fully saturated rings. The zero-order valence-corrected chi connectivity index (χ0v) is 15.6. The highest BCUT2D eigenvalue weighted by Crippen LogP contribution is 2.20. The van der Waals surface area contributed by atoms with E-state index in [0.29, 0.717) is 17.7 Å². The number of hydrogen-bond acceptors (Lipinski definition) is 3. The molecule has 2 rings (SSSR count). The van der Waals surface area contributed by atoms with Crippen molar-refractivity contribution in [2.24, 2.45) is 0 Å². The lowest BCUT2D eigenvalue weighted by molar-refractivity contribution is 0.102. The van der Waals surface area contributed by atoms with Gasteiger partial charge >= 0.3 is 5.69 Å². The van der Waals surface area contributed by atoms with Crippen molar-refractivity contribution < 1.29 is 4.79 Å². The Bertz CT molecular complexity index is 884. The van der Waals surface area contributed by atoms with Crippen molar-refractivity contribution in [2.75, 3.05) is 0 Å². The summed E-state index contributed by atoms with van der Waals surface area (Å²) in [5.74, 6) is -0.433. The fraction of sp³-hybridized carbons (Fsp3) is 0.450. The third kappa shape index (κ3) is 3.98. The molecule has 5 heteroatoms. The maximum absolute atomic E-state index is 13.3. The molecule has 0 saturated carbocycles. The predicted octanol–water partition coefficient (Wildman–Crippen LogP) is 3.31. The van der Waals surface area contributed by atoms with Crippen LogP contribution in [0.4, 0.5) is 0 Å². The van der Waals surface area contributed by atoms with E-state index in [0.717, 1.165) is 24.0 Å². The fourth-order valence-electron chi connectivity index (χ4n) is 3.14. The van der Waals surface area contributed by atoms with Crippen LogP contribution >= 0.6 is 0 Å². The van der Waals surface area contributed by atoms with Crippen LogP contribution in [0.15, 0.2) is 27.8 Å². The van der Waals surface area contributed by atoms with Gasteiger partial charge in [0.05, 0.1) is 0 Å². The summed E-state index contributed by atoms with van der Waals surface area (Å²) in [6, 6.07) is 5.59. The predicted molar refractivity (Wildman–Crippen MR) is 99.7 cm³/mol. The number of aryl methyl sites for hydroxylation is 2. The Kier molecular flexibility index (Phi) is 5.77. The molecule has 5 nitrogen and oxygen atoms in total. The normalized spacial score (nSPS) is 11.1. The summed E-state index contributed by atoms with van der Waals surface area (Å²) >= 11 is 0. The van der Waals surface area contributed by atoms with Gasteiger partial charge in [-0.3, -0.25) is 19.1 Å². The Morgan fingerprint density at radius 2 is 1.72 bits per heavy atom. The van der Waals surface area contributed by atoms with Crippen molar-refractivity contribution in [3.8, 4) is 0 Å². The van der Waals surface area contributed by atoms with E-state index in [9.17, 15) is 14.4 Å². The van der Waals surface area contributed by atoms with Crippen molar-refractivity contribution in [1.82, 2.24) is 9.55 Å². The molecule has 0 saturated heterocycles. The van der Waals surface area contributed by atoms with Gasteiger partial charge in [0, 0.05) is 17.7 Å². The summed E-state index contributed by atoms with van der Waals surface area (Å²) in [6.07, 6.45) is 1.65. The van der Waals surface area contributed by atoms with E-state index in [2.05, 4.69) is 4.98 Å². The van der Waals surface area contributed by atoms with Gasteiger partial charge in [-0.05, 0) is 38.3 Å². The molecule has 2 aromatic rings. The van der Waals surface area contributed by atoms with E-state index < -0.39 is 11.2 Å². The standard InChI is InChI=1S/C20H26N2O3/c1-6-7-8-22-17(16(12(2)3)19(24)21-20(22)25)18(23)15-10-13(4)9-14(5)11-15/h9-12H,6-8H2,1-5H3,(H,21,24,25). The van der Waals surface area contributed by atoms with Crippen LogP contribution in [0, 0.1) is 13.8 Å². The van der Waals surface area contributed by atoms with Gasteiger partial charge in [-0.2, -0.15) is 0 Å². The molecule has 0 amide bonds. The largest absolute Gasteiger partial charge is 0.328 e. The van der Waals surface area contributed by atoms with Crippen molar-refractivity contribution in [2.45, 2.75) is 59.9 Å². The number of unbranched alkanes of at least 4 members (excludes halogenated alkanes) is 1. The lowest BCUT2D eigenvalue weighted by Gasteiger charge is -2.17. The van der Waals surface area contributed by atoms with Gasteiger partial charge in [-0.25, -0.2) is 4.79 Å². The Morgan fingerprint density at radius 3 is 2.24 bits per heavy atom. The maximum Gasteiger partial charge on any atom is 0.328 e. The highest BCUT2D eigenvalue weighted by atomic mass is 16.2. The van der Waals surface area contributed by atoms with Crippen LogP contribution in [0.1, 0.15) is 72.3 Å².